The maximum atomic E-state index is 12.2. The minimum Gasteiger partial charge on any atom is -0.293 e. The Morgan fingerprint density at radius 3 is 2.62 bits per heavy atom. The number of fused-ring (bicyclic) bond motifs is 1. The van der Waals surface area contributed by atoms with E-state index in [0.717, 1.165) is 0 Å². The Balaban J connectivity index is 2.90. The van der Waals surface area contributed by atoms with E-state index >= 15 is 0 Å². The number of nitrogens with zero attached hydrogens (tertiary/aromatic N) is 2. The SMILES string of the molecule is CC(C)(C)n1cnc2cccc(Cl)c2c1=O. The van der Waals surface area contributed by atoms with Gasteiger partial charge in [0.05, 0.1) is 22.3 Å². The highest BCUT2D eigenvalue weighted by atomic mass is 35.5. The van der Waals surface area contributed by atoms with Crippen molar-refractivity contribution in [3.05, 3.63) is 39.9 Å². The fourth-order valence-electron chi connectivity index (χ4n) is 1.60. The van der Waals surface area contributed by atoms with Gasteiger partial charge in [-0.2, -0.15) is 0 Å². The zero-order valence-corrected chi connectivity index (χ0v) is 10.2. The molecule has 2 aromatic rings. The third-order valence-corrected chi connectivity index (χ3v) is 2.77. The van der Waals surface area contributed by atoms with Crippen LogP contribution in [0.1, 0.15) is 20.8 Å². The molecule has 0 unspecified atom stereocenters. The van der Waals surface area contributed by atoms with Gasteiger partial charge in [0, 0.05) is 5.54 Å². The van der Waals surface area contributed by atoms with E-state index in [1.165, 1.54) is 0 Å². The molecule has 84 valence electrons. The maximum absolute atomic E-state index is 12.2. The Morgan fingerprint density at radius 1 is 1.31 bits per heavy atom. The summed E-state index contributed by atoms with van der Waals surface area (Å²) in [5.74, 6) is 0. The fourth-order valence-corrected chi connectivity index (χ4v) is 1.85. The second-order valence-corrected chi connectivity index (χ2v) is 5.13. The normalized spacial score (nSPS) is 12.0. The molecule has 0 saturated heterocycles. The first-order valence-corrected chi connectivity index (χ1v) is 5.45. The zero-order chi connectivity index (χ0) is 11.9. The Hall–Kier alpha value is -1.35. The van der Waals surface area contributed by atoms with E-state index in [1.807, 2.05) is 20.8 Å². The Labute approximate surface area is 98.7 Å². The van der Waals surface area contributed by atoms with Gasteiger partial charge in [0.1, 0.15) is 0 Å². The summed E-state index contributed by atoms with van der Waals surface area (Å²) in [5.41, 5.74) is 0.248. The number of rotatable bonds is 0. The van der Waals surface area contributed by atoms with Gasteiger partial charge in [0.25, 0.3) is 5.56 Å². The molecule has 0 N–H and O–H groups in total. The van der Waals surface area contributed by atoms with E-state index in [2.05, 4.69) is 4.98 Å². The van der Waals surface area contributed by atoms with Crippen molar-refractivity contribution in [3.8, 4) is 0 Å². The largest absolute Gasteiger partial charge is 0.293 e. The number of hydrogen-bond donors (Lipinski definition) is 0. The summed E-state index contributed by atoms with van der Waals surface area (Å²) >= 11 is 6.03. The summed E-state index contributed by atoms with van der Waals surface area (Å²) < 4.78 is 1.60. The van der Waals surface area contributed by atoms with Crippen LogP contribution < -0.4 is 5.56 Å². The third-order valence-electron chi connectivity index (χ3n) is 2.46. The topological polar surface area (TPSA) is 34.9 Å². The molecule has 1 heterocycles. The minimum atomic E-state index is -0.294. The van der Waals surface area contributed by atoms with Gasteiger partial charge in [-0.05, 0) is 32.9 Å². The molecule has 0 radical (unpaired) electrons. The van der Waals surface area contributed by atoms with Crippen molar-refractivity contribution in [2.45, 2.75) is 26.3 Å². The van der Waals surface area contributed by atoms with Crippen molar-refractivity contribution in [2.24, 2.45) is 0 Å². The molecule has 3 nitrogen and oxygen atoms in total. The smallest absolute Gasteiger partial charge is 0.263 e. The molecule has 0 aliphatic carbocycles. The summed E-state index contributed by atoms with van der Waals surface area (Å²) in [5, 5.41) is 0.940. The van der Waals surface area contributed by atoms with E-state index in [1.54, 1.807) is 29.1 Å². The van der Waals surface area contributed by atoms with Crippen LogP contribution in [0.15, 0.2) is 29.3 Å². The highest BCUT2D eigenvalue weighted by Gasteiger charge is 2.17. The highest BCUT2D eigenvalue weighted by Crippen LogP contribution is 2.19. The first-order chi connectivity index (χ1) is 7.41. The lowest BCUT2D eigenvalue weighted by molar-refractivity contribution is 0.382. The van der Waals surface area contributed by atoms with Crippen molar-refractivity contribution in [2.75, 3.05) is 0 Å². The molecular formula is C12H13ClN2O. The minimum absolute atomic E-state index is 0.0944. The molecule has 0 bridgehead atoms. The standard InChI is InChI=1S/C12H13ClN2O/c1-12(2,3)15-7-14-9-6-4-5-8(13)10(9)11(15)16/h4-7H,1-3H3. The monoisotopic (exact) mass is 236 g/mol. The van der Waals surface area contributed by atoms with Gasteiger partial charge in [-0.15, -0.1) is 0 Å². The van der Waals surface area contributed by atoms with E-state index in [0.29, 0.717) is 15.9 Å². The molecular weight excluding hydrogens is 224 g/mol. The summed E-state index contributed by atoms with van der Waals surface area (Å²) in [7, 11) is 0. The van der Waals surface area contributed by atoms with Gasteiger partial charge >= 0.3 is 0 Å². The third kappa shape index (κ3) is 1.71. The molecule has 0 aliphatic rings. The molecule has 2 rings (SSSR count). The van der Waals surface area contributed by atoms with E-state index in [9.17, 15) is 4.79 Å². The molecule has 16 heavy (non-hydrogen) atoms. The molecule has 0 fully saturated rings. The Bertz CT molecular complexity index is 596. The second kappa shape index (κ2) is 3.59. The van der Waals surface area contributed by atoms with Gasteiger partial charge in [0.15, 0.2) is 0 Å². The molecule has 1 aromatic carbocycles. The summed E-state index contributed by atoms with van der Waals surface area (Å²) in [6, 6.07) is 5.29. The number of aromatic nitrogens is 2. The van der Waals surface area contributed by atoms with Gasteiger partial charge in [-0.1, -0.05) is 17.7 Å². The Morgan fingerprint density at radius 2 is 2.00 bits per heavy atom. The van der Waals surface area contributed by atoms with Gasteiger partial charge in [0.2, 0.25) is 0 Å². The number of hydrogen-bond acceptors (Lipinski definition) is 2. The molecule has 0 atom stereocenters. The van der Waals surface area contributed by atoms with Crippen LogP contribution in [0.3, 0.4) is 0 Å². The second-order valence-electron chi connectivity index (χ2n) is 4.72. The summed E-state index contributed by atoms with van der Waals surface area (Å²) in [6.45, 7) is 5.87. The van der Waals surface area contributed by atoms with Gasteiger partial charge in [-0.3, -0.25) is 9.36 Å². The first-order valence-electron chi connectivity index (χ1n) is 5.07. The summed E-state index contributed by atoms with van der Waals surface area (Å²) in [6.07, 6.45) is 1.57. The van der Waals surface area contributed by atoms with Crippen LogP contribution in [0.25, 0.3) is 10.9 Å². The average Bonchev–Trinajstić information content (AvgIpc) is 2.16. The predicted molar refractivity (Wildman–Crippen MR) is 66.0 cm³/mol. The van der Waals surface area contributed by atoms with Crippen LogP contribution in [0.4, 0.5) is 0 Å². The highest BCUT2D eigenvalue weighted by molar-refractivity contribution is 6.35. The van der Waals surface area contributed by atoms with Crippen LogP contribution in [0.5, 0.6) is 0 Å². The maximum Gasteiger partial charge on any atom is 0.263 e. The molecule has 0 saturated carbocycles. The van der Waals surface area contributed by atoms with Gasteiger partial charge < -0.3 is 0 Å². The van der Waals surface area contributed by atoms with Crippen molar-refractivity contribution < 1.29 is 0 Å². The van der Waals surface area contributed by atoms with Crippen LogP contribution in [-0.4, -0.2) is 9.55 Å². The number of benzene rings is 1. The Kier molecular flexibility index (Phi) is 2.50. The lowest BCUT2D eigenvalue weighted by Crippen LogP contribution is -2.33. The van der Waals surface area contributed by atoms with Crippen LogP contribution in [-0.2, 0) is 5.54 Å². The van der Waals surface area contributed by atoms with Gasteiger partial charge in [-0.25, -0.2) is 4.98 Å². The molecule has 0 spiro atoms. The molecule has 0 amide bonds. The van der Waals surface area contributed by atoms with Crippen LogP contribution >= 0.6 is 11.6 Å². The van der Waals surface area contributed by atoms with Crippen molar-refractivity contribution in [1.82, 2.24) is 9.55 Å². The predicted octanol–water partition coefficient (Wildman–Crippen LogP) is 2.80. The molecule has 0 aliphatic heterocycles. The van der Waals surface area contributed by atoms with E-state index in [-0.39, 0.29) is 11.1 Å². The fraction of sp³-hybridized carbons (Fsp3) is 0.333. The van der Waals surface area contributed by atoms with Crippen molar-refractivity contribution in [1.29, 1.82) is 0 Å². The zero-order valence-electron chi connectivity index (χ0n) is 9.49. The van der Waals surface area contributed by atoms with Crippen molar-refractivity contribution >= 4 is 22.5 Å². The molecule has 4 heteroatoms. The van der Waals surface area contributed by atoms with E-state index < -0.39 is 0 Å². The summed E-state index contributed by atoms with van der Waals surface area (Å²) in [4.78, 5) is 16.5. The number of halogens is 1. The lowest BCUT2D eigenvalue weighted by atomic mass is 10.1. The molecule has 1 aromatic heterocycles. The average molecular weight is 237 g/mol. The lowest BCUT2D eigenvalue weighted by Gasteiger charge is -2.21. The van der Waals surface area contributed by atoms with E-state index in [4.69, 9.17) is 11.6 Å². The quantitative estimate of drug-likeness (QED) is 0.705. The van der Waals surface area contributed by atoms with Crippen LogP contribution in [0.2, 0.25) is 5.02 Å². The first kappa shape index (κ1) is 11.1. The van der Waals surface area contributed by atoms with Crippen molar-refractivity contribution in [3.63, 3.8) is 0 Å². The van der Waals surface area contributed by atoms with Crippen LogP contribution in [0, 0.1) is 0 Å².